The second kappa shape index (κ2) is 9.11. The Bertz CT molecular complexity index is 1260. The van der Waals surface area contributed by atoms with Crippen molar-refractivity contribution in [1.29, 1.82) is 0 Å². The Morgan fingerprint density at radius 3 is 2.24 bits per heavy atom. The van der Waals surface area contributed by atoms with Crippen LogP contribution < -0.4 is 10.2 Å². The fourth-order valence-electron chi connectivity index (χ4n) is 4.45. The number of hydrogen-bond acceptors (Lipinski definition) is 5. The highest BCUT2D eigenvalue weighted by Gasteiger charge is 2.19. The van der Waals surface area contributed by atoms with Crippen molar-refractivity contribution >= 4 is 17.3 Å². The van der Waals surface area contributed by atoms with E-state index in [0.717, 1.165) is 55.8 Å². The summed E-state index contributed by atoms with van der Waals surface area (Å²) in [4.78, 5) is 11.7. The van der Waals surface area contributed by atoms with Gasteiger partial charge in [-0.25, -0.2) is 9.97 Å². The van der Waals surface area contributed by atoms with E-state index in [2.05, 4.69) is 88.9 Å². The highest BCUT2D eigenvalue weighted by Crippen LogP contribution is 2.27. The summed E-state index contributed by atoms with van der Waals surface area (Å²) in [5, 5.41) is 3.60. The van der Waals surface area contributed by atoms with E-state index in [1.54, 1.807) is 0 Å². The van der Waals surface area contributed by atoms with Gasteiger partial charge in [-0.2, -0.15) is 0 Å². The molecule has 176 valence electrons. The van der Waals surface area contributed by atoms with E-state index in [1.165, 1.54) is 22.3 Å². The number of fused-ring (bicyclic) bond motifs is 1. The molecule has 0 saturated carbocycles. The Hall–Kier alpha value is -3.38. The van der Waals surface area contributed by atoms with E-state index in [1.807, 2.05) is 19.3 Å². The molecule has 0 amide bonds. The zero-order valence-electron chi connectivity index (χ0n) is 20.5. The van der Waals surface area contributed by atoms with E-state index >= 15 is 0 Å². The summed E-state index contributed by atoms with van der Waals surface area (Å²) >= 11 is 0. The number of hydrogen-bond donors (Lipinski definition) is 1. The predicted octanol–water partition coefficient (Wildman–Crippen LogP) is 5.45. The summed E-state index contributed by atoms with van der Waals surface area (Å²) in [5.41, 5.74) is 7.09. The van der Waals surface area contributed by atoms with Gasteiger partial charge in [-0.3, -0.25) is 4.40 Å². The van der Waals surface area contributed by atoms with Crippen LogP contribution in [0.2, 0.25) is 0 Å². The van der Waals surface area contributed by atoms with Gasteiger partial charge in [-0.15, -0.1) is 0 Å². The summed E-state index contributed by atoms with van der Waals surface area (Å²) in [6.45, 7) is 12.6. The summed E-state index contributed by atoms with van der Waals surface area (Å²) in [6, 6.07) is 17.7. The summed E-state index contributed by atoms with van der Waals surface area (Å²) in [5.74, 6) is 1.93. The molecule has 1 aliphatic rings. The van der Waals surface area contributed by atoms with Crippen LogP contribution in [0.3, 0.4) is 0 Å². The number of aromatic nitrogens is 3. The average Bonchev–Trinajstić information content (AvgIpc) is 3.18. The Kier molecular flexibility index (Phi) is 6.00. The second-order valence-electron chi connectivity index (χ2n) is 9.97. The molecular formula is C28H33N5O. The van der Waals surface area contributed by atoms with E-state index in [0.29, 0.717) is 0 Å². The number of nitrogens with one attached hydrogen (secondary N) is 1. The minimum Gasteiger partial charge on any atom is -0.378 e. The highest BCUT2D eigenvalue weighted by molar-refractivity contribution is 5.69. The van der Waals surface area contributed by atoms with Crippen LogP contribution in [0.5, 0.6) is 0 Å². The van der Waals surface area contributed by atoms with Crippen molar-refractivity contribution in [1.82, 2.24) is 14.4 Å². The lowest BCUT2D eigenvalue weighted by Gasteiger charge is -2.27. The van der Waals surface area contributed by atoms with E-state index in [9.17, 15) is 0 Å². The zero-order chi connectivity index (χ0) is 23.7. The first-order valence-electron chi connectivity index (χ1n) is 12.0. The molecule has 1 N–H and O–H groups in total. The lowest BCUT2D eigenvalue weighted by molar-refractivity contribution is 0.122. The highest BCUT2D eigenvalue weighted by atomic mass is 16.5. The monoisotopic (exact) mass is 455 g/mol. The van der Waals surface area contributed by atoms with Gasteiger partial charge in [0.1, 0.15) is 5.82 Å². The molecule has 2 aromatic heterocycles. The van der Waals surface area contributed by atoms with Gasteiger partial charge in [0.15, 0.2) is 11.5 Å². The Balaban J connectivity index is 1.31. The van der Waals surface area contributed by atoms with Gasteiger partial charge in [0.2, 0.25) is 0 Å². The number of benzene rings is 2. The largest absolute Gasteiger partial charge is 0.378 e. The minimum absolute atomic E-state index is 0.170. The molecule has 34 heavy (non-hydrogen) atoms. The van der Waals surface area contributed by atoms with Gasteiger partial charge >= 0.3 is 0 Å². The van der Waals surface area contributed by atoms with Gasteiger partial charge in [0.05, 0.1) is 18.9 Å². The Morgan fingerprint density at radius 2 is 1.59 bits per heavy atom. The maximum atomic E-state index is 5.50. The molecule has 0 radical (unpaired) electrons. The third kappa shape index (κ3) is 4.50. The lowest BCUT2D eigenvalue weighted by atomic mass is 9.86. The SMILES string of the molecule is Cc1nc2c(N3CCOCC3)nccn2c1NCc1ccc(-c2ccc(C(C)(C)C)cc2)cc1. The van der Waals surface area contributed by atoms with Crippen molar-refractivity contribution in [2.45, 2.75) is 39.7 Å². The molecule has 6 nitrogen and oxygen atoms in total. The maximum Gasteiger partial charge on any atom is 0.182 e. The molecule has 6 heteroatoms. The van der Waals surface area contributed by atoms with Crippen molar-refractivity contribution < 1.29 is 4.74 Å². The molecule has 1 aliphatic heterocycles. The molecule has 4 aromatic rings. The van der Waals surface area contributed by atoms with Crippen molar-refractivity contribution in [3.05, 3.63) is 77.7 Å². The quantitative estimate of drug-likeness (QED) is 0.434. The van der Waals surface area contributed by atoms with Crippen molar-refractivity contribution in [3.8, 4) is 11.1 Å². The third-order valence-electron chi connectivity index (χ3n) is 6.51. The first kappa shape index (κ1) is 22.4. The van der Waals surface area contributed by atoms with Crippen molar-refractivity contribution in [3.63, 3.8) is 0 Å². The Morgan fingerprint density at radius 1 is 0.941 bits per heavy atom. The van der Waals surface area contributed by atoms with Crippen LogP contribution in [0.25, 0.3) is 16.8 Å². The van der Waals surface area contributed by atoms with E-state index in [-0.39, 0.29) is 5.41 Å². The molecule has 0 atom stereocenters. The van der Waals surface area contributed by atoms with Crippen LogP contribution >= 0.6 is 0 Å². The predicted molar refractivity (Wildman–Crippen MR) is 139 cm³/mol. The average molecular weight is 456 g/mol. The van der Waals surface area contributed by atoms with Crippen molar-refractivity contribution in [2.75, 3.05) is 36.5 Å². The van der Waals surface area contributed by atoms with Gasteiger partial charge in [-0.05, 0) is 34.6 Å². The molecular weight excluding hydrogens is 422 g/mol. The fraction of sp³-hybridized carbons (Fsp3) is 0.357. The van der Waals surface area contributed by atoms with Gasteiger partial charge < -0.3 is 15.0 Å². The van der Waals surface area contributed by atoms with E-state index < -0.39 is 0 Å². The first-order chi connectivity index (χ1) is 16.4. The number of rotatable bonds is 5. The summed E-state index contributed by atoms with van der Waals surface area (Å²) in [6.07, 6.45) is 3.83. The van der Waals surface area contributed by atoms with E-state index in [4.69, 9.17) is 9.72 Å². The maximum absolute atomic E-state index is 5.50. The second-order valence-corrected chi connectivity index (χ2v) is 9.97. The number of morpholine rings is 1. The van der Waals surface area contributed by atoms with Crippen LogP contribution in [-0.4, -0.2) is 40.7 Å². The number of ether oxygens (including phenoxy) is 1. The standard InChI is InChI=1S/C28H33N5O/c1-20-25(33-14-13-29-26(27(33)31-20)32-15-17-34-18-16-32)30-19-21-5-7-22(8-6-21)23-9-11-24(12-10-23)28(2,3)4/h5-14,30H,15-19H2,1-4H3. The molecule has 1 fully saturated rings. The molecule has 0 spiro atoms. The normalized spacial score (nSPS) is 14.5. The molecule has 0 bridgehead atoms. The van der Waals surface area contributed by atoms with Crippen LogP contribution in [0.15, 0.2) is 60.9 Å². The number of imidazole rings is 1. The number of aryl methyl sites for hydroxylation is 1. The third-order valence-corrected chi connectivity index (χ3v) is 6.51. The molecule has 3 heterocycles. The van der Waals surface area contributed by atoms with Gasteiger partial charge in [0.25, 0.3) is 0 Å². The smallest absolute Gasteiger partial charge is 0.182 e. The number of nitrogens with zero attached hydrogens (tertiary/aromatic N) is 4. The van der Waals surface area contributed by atoms with Crippen LogP contribution in [-0.2, 0) is 16.7 Å². The fourth-order valence-corrected chi connectivity index (χ4v) is 4.45. The van der Waals surface area contributed by atoms with Crippen LogP contribution in [0, 0.1) is 6.92 Å². The minimum atomic E-state index is 0.170. The molecule has 1 saturated heterocycles. The Labute approximate surface area is 201 Å². The van der Waals surface area contributed by atoms with Crippen LogP contribution in [0.1, 0.15) is 37.6 Å². The van der Waals surface area contributed by atoms with Crippen molar-refractivity contribution in [2.24, 2.45) is 0 Å². The van der Waals surface area contributed by atoms with Gasteiger partial charge in [0, 0.05) is 32.0 Å². The molecule has 5 rings (SSSR count). The van der Waals surface area contributed by atoms with Crippen LogP contribution in [0.4, 0.5) is 11.6 Å². The molecule has 0 aliphatic carbocycles. The van der Waals surface area contributed by atoms with Gasteiger partial charge in [-0.1, -0.05) is 69.3 Å². The summed E-state index contributed by atoms with van der Waals surface area (Å²) < 4.78 is 7.61. The summed E-state index contributed by atoms with van der Waals surface area (Å²) in [7, 11) is 0. The lowest BCUT2D eigenvalue weighted by Crippen LogP contribution is -2.37. The topological polar surface area (TPSA) is 54.7 Å². The molecule has 0 unspecified atom stereocenters. The molecule has 2 aromatic carbocycles. The zero-order valence-corrected chi connectivity index (χ0v) is 20.5. The number of anilines is 2. The first-order valence-corrected chi connectivity index (χ1v) is 12.0.